The Balaban J connectivity index is 2.10. The van der Waals surface area contributed by atoms with Gasteiger partial charge in [-0.05, 0) is 40.2 Å². The van der Waals surface area contributed by atoms with Crippen LogP contribution in [0.1, 0.15) is 33.6 Å². The molecular formula is C12H22N2O. The van der Waals surface area contributed by atoms with Crippen LogP contribution in [0.2, 0.25) is 0 Å². The van der Waals surface area contributed by atoms with Crippen LogP contribution in [0.4, 0.5) is 0 Å². The summed E-state index contributed by atoms with van der Waals surface area (Å²) in [5.41, 5.74) is -0.298. The molecule has 0 bridgehead atoms. The van der Waals surface area contributed by atoms with Crippen molar-refractivity contribution >= 4 is 6.29 Å². The molecule has 2 atom stereocenters. The highest BCUT2D eigenvalue weighted by Crippen LogP contribution is 2.28. The molecule has 0 aromatic rings. The van der Waals surface area contributed by atoms with Gasteiger partial charge in [0.15, 0.2) is 0 Å². The number of nitrogens with zero attached hydrogens (tertiary/aromatic N) is 2. The van der Waals surface area contributed by atoms with Crippen LogP contribution in [0.15, 0.2) is 0 Å². The van der Waals surface area contributed by atoms with Crippen LogP contribution < -0.4 is 0 Å². The zero-order valence-electron chi connectivity index (χ0n) is 10.1. The fourth-order valence-electron chi connectivity index (χ4n) is 3.06. The maximum absolute atomic E-state index is 11.1. The summed E-state index contributed by atoms with van der Waals surface area (Å²) in [5, 5.41) is 0. The van der Waals surface area contributed by atoms with Gasteiger partial charge in [-0.3, -0.25) is 9.80 Å². The molecule has 3 heteroatoms. The average molecular weight is 210 g/mol. The largest absolute Gasteiger partial charge is 0.301 e. The number of hydrogen-bond donors (Lipinski definition) is 0. The Hall–Kier alpha value is -0.410. The van der Waals surface area contributed by atoms with Crippen molar-refractivity contribution in [1.29, 1.82) is 0 Å². The van der Waals surface area contributed by atoms with Crippen LogP contribution in [0.25, 0.3) is 0 Å². The Morgan fingerprint density at radius 2 is 2.07 bits per heavy atom. The normalized spacial score (nSPS) is 34.1. The summed E-state index contributed by atoms with van der Waals surface area (Å²) in [6.07, 6.45) is 3.72. The highest BCUT2D eigenvalue weighted by atomic mass is 16.1. The Bertz CT molecular complexity index is 252. The highest BCUT2D eigenvalue weighted by molar-refractivity contribution is 5.62. The van der Waals surface area contributed by atoms with Crippen LogP contribution in [0.5, 0.6) is 0 Å². The molecular weight excluding hydrogens is 188 g/mol. The minimum Gasteiger partial charge on any atom is -0.301 e. The van der Waals surface area contributed by atoms with Crippen LogP contribution in [-0.2, 0) is 4.79 Å². The van der Waals surface area contributed by atoms with Gasteiger partial charge in [0.25, 0.3) is 0 Å². The zero-order valence-corrected chi connectivity index (χ0v) is 10.1. The quantitative estimate of drug-likeness (QED) is 0.638. The van der Waals surface area contributed by atoms with Gasteiger partial charge in [-0.1, -0.05) is 0 Å². The van der Waals surface area contributed by atoms with Gasteiger partial charge in [0, 0.05) is 25.2 Å². The van der Waals surface area contributed by atoms with E-state index < -0.39 is 0 Å². The molecule has 0 spiro atoms. The fraction of sp³-hybridized carbons (Fsp3) is 0.917. The van der Waals surface area contributed by atoms with Crippen LogP contribution in [0, 0.1) is 0 Å². The summed E-state index contributed by atoms with van der Waals surface area (Å²) >= 11 is 0. The first-order chi connectivity index (χ1) is 7.04. The predicted octanol–water partition coefficient (Wildman–Crippen LogP) is 1.13. The molecule has 2 rings (SSSR count). The Morgan fingerprint density at radius 1 is 1.33 bits per heavy atom. The lowest BCUT2D eigenvalue weighted by molar-refractivity contribution is -0.120. The zero-order chi connectivity index (χ0) is 11.1. The third kappa shape index (κ3) is 1.95. The van der Waals surface area contributed by atoms with Gasteiger partial charge in [-0.2, -0.15) is 0 Å². The van der Waals surface area contributed by atoms with E-state index in [4.69, 9.17) is 0 Å². The van der Waals surface area contributed by atoms with Crippen molar-refractivity contribution in [3.63, 3.8) is 0 Å². The fourth-order valence-corrected chi connectivity index (χ4v) is 3.06. The van der Waals surface area contributed by atoms with Gasteiger partial charge in [0.05, 0.1) is 5.54 Å². The highest BCUT2D eigenvalue weighted by Gasteiger charge is 2.40. The lowest BCUT2D eigenvalue weighted by Gasteiger charge is -2.47. The van der Waals surface area contributed by atoms with Gasteiger partial charge in [0.1, 0.15) is 6.29 Å². The standard InChI is InChI=1S/C12H22N2O/c1-10-7-13-6-4-5-11(13)8-14(10)12(2,3)9-15/h9-11H,4-8H2,1-3H3. The molecule has 0 aromatic carbocycles. The number of fused-ring (bicyclic) bond motifs is 1. The summed E-state index contributed by atoms with van der Waals surface area (Å²) in [4.78, 5) is 16.1. The van der Waals surface area contributed by atoms with Crippen molar-refractivity contribution in [2.24, 2.45) is 0 Å². The third-order valence-electron chi connectivity index (χ3n) is 3.97. The molecule has 2 saturated heterocycles. The molecule has 2 unspecified atom stereocenters. The summed E-state index contributed by atoms with van der Waals surface area (Å²) in [7, 11) is 0. The van der Waals surface area contributed by atoms with Crippen LogP contribution in [0.3, 0.4) is 0 Å². The second kappa shape index (κ2) is 3.87. The summed E-state index contributed by atoms with van der Waals surface area (Å²) in [6, 6.07) is 1.19. The summed E-state index contributed by atoms with van der Waals surface area (Å²) < 4.78 is 0. The Labute approximate surface area is 92.4 Å². The molecule has 2 aliphatic heterocycles. The minimum atomic E-state index is -0.298. The van der Waals surface area contributed by atoms with Crippen LogP contribution >= 0.6 is 0 Å². The molecule has 0 saturated carbocycles. The van der Waals surface area contributed by atoms with Crippen molar-refractivity contribution in [3.8, 4) is 0 Å². The summed E-state index contributed by atoms with van der Waals surface area (Å²) in [5.74, 6) is 0. The molecule has 0 aliphatic carbocycles. The maximum Gasteiger partial charge on any atom is 0.139 e. The molecule has 3 nitrogen and oxygen atoms in total. The molecule has 0 radical (unpaired) electrons. The molecule has 0 aromatic heterocycles. The number of piperazine rings is 1. The van der Waals surface area contributed by atoms with E-state index in [0.717, 1.165) is 19.4 Å². The van der Waals surface area contributed by atoms with E-state index in [1.807, 2.05) is 13.8 Å². The molecule has 2 heterocycles. The van der Waals surface area contributed by atoms with Crippen molar-refractivity contribution in [2.75, 3.05) is 19.6 Å². The van der Waals surface area contributed by atoms with Gasteiger partial charge >= 0.3 is 0 Å². The monoisotopic (exact) mass is 210 g/mol. The maximum atomic E-state index is 11.1. The predicted molar refractivity (Wildman–Crippen MR) is 60.9 cm³/mol. The number of carbonyl (C=O) groups excluding carboxylic acids is 1. The second-order valence-electron chi connectivity index (χ2n) is 5.56. The Morgan fingerprint density at radius 3 is 2.73 bits per heavy atom. The van der Waals surface area contributed by atoms with Crippen molar-refractivity contribution in [1.82, 2.24) is 9.80 Å². The van der Waals surface area contributed by atoms with Gasteiger partial charge in [-0.25, -0.2) is 0 Å². The lowest BCUT2D eigenvalue weighted by Crippen LogP contribution is -2.61. The average Bonchev–Trinajstić information content (AvgIpc) is 2.63. The van der Waals surface area contributed by atoms with E-state index in [-0.39, 0.29) is 5.54 Å². The van der Waals surface area contributed by atoms with E-state index in [2.05, 4.69) is 16.7 Å². The first kappa shape index (κ1) is 11.1. The van der Waals surface area contributed by atoms with Gasteiger partial charge < -0.3 is 4.79 Å². The van der Waals surface area contributed by atoms with Crippen molar-refractivity contribution in [3.05, 3.63) is 0 Å². The van der Waals surface area contributed by atoms with Crippen LogP contribution in [-0.4, -0.2) is 53.3 Å². The number of carbonyl (C=O) groups is 1. The van der Waals surface area contributed by atoms with E-state index >= 15 is 0 Å². The number of aldehydes is 1. The van der Waals surface area contributed by atoms with Gasteiger partial charge in [-0.15, -0.1) is 0 Å². The van der Waals surface area contributed by atoms with E-state index in [1.165, 1.54) is 19.4 Å². The molecule has 2 fully saturated rings. The topological polar surface area (TPSA) is 23.6 Å². The van der Waals surface area contributed by atoms with Gasteiger partial charge in [0.2, 0.25) is 0 Å². The molecule has 2 aliphatic rings. The Kier molecular flexibility index (Phi) is 2.86. The molecule has 15 heavy (non-hydrogen) atoms. The lowest BCUT2D eigenvalue weighted by atomic mass is 9.98. The SMILES string of the molecule is CC1CN2CCCC2CN1C(C)(C)C=O. The molecule has 86 valence electrons. The van der Waals surface area contributed by atoms with E-state index in [0.29, 0.717) is 12.1 Å². The first-order valence-electron chi connectivity index (χ1n) is 6.02. The minimum absolute atomic E-state index is 0.298. The smallest absolute Gasteiger partial charge is 0.139 e. The number of hydrogen-bond acceptors (Lipinski definition) is 3. The van der Waals surface area contributed by atoms with Crippen molar-refractivity contribution in [2.45, 2.75) is 51.2 Å². The molecule has 0 amide bonds. The first-order valence-corrected chi connectivity index (χ1v) is 6.02. The summed E-state index contributed by atoms with van der Waals surface area (Å²) in [6.45, 7) is 9.74. The van der Waals surface area contributed by atoms with E-state index in [1.54, 1.807) is 0 Å². The third-order valence-corrected chi connectivity index (χ3v) is 3.97. The second-order valence-corrected chi connectivity index (χ2v) is 5.56. The van der Waals surface area contributed by atoms with Crippen molar-refractivity contribution < 1.29 is 4.79 Å². The molecule has 0 N–H and O–H groups in total. The number of rotatable bonds is 2. The van der Waals surface area contributed by atoms with E-state index in [9.17, 15) is 4.79 Å².